The van der Waals surface area contributed by atoms with Crippen LogP contribution in [0.25, 0.3) is 0 Å². The quantitative estimate of drug-likeness (QED) is 0.362. The fraction of sp³-hybridized carbons (Fsp3) is 0.222. The van der Waals surface area contributed by atoms with Crippen LogP contribution in [0.4, 0.5) is 0 Å². The molecule has 0 amide bonds. The first-order valence-corrected chi connectivity index (χ1v) is 10.6. The summed E-state index contributed by atoms with van der Waals surface area (Å²) < 4.78 is 10.3. The Kier molecular flexibility index (Phi) is 8.32. The van der Waals surface area contributed by atoms with Crippen molar-refractivity contribution in [2.24, 2.45) is 4.99 Å². The van der Waals surface area contributed by atoms with Crippen molar-refractivity contribution in [3.8, 4) is 0 Å². The molecule has 0 radical (unpaired) electrons. The Balaban J connectivity index is 2.17. The topological polar surface area (TPSA) is 65.0 Å². The van der Waals surface area contributed by atoms with Gasteiger partial charge in [-0.15, -0.1) is 0 Å². The fourth-order valence-electron chi connectivity index (χ4n) is 3.56. The van der Waals surface area contributed by atoms with Crippen LogP contribution in [0.5, 0.6) is 0 Å². The number of carbonyl (C=O) groups excluding carboxylic acids is 2. The Morgan fingerprint density at radius 2 is 1.31 bits per heavy atom. The lowest BCUT2D eigenvalue weighted by Crippen LogP contribution is -2.32. The van der Waals surface area contributed by atoms with Crippen LogP contribution in [0.15, 0.2) is 96.0 Å². The van der Waals surface area contributed by atoms with Crippen molar-refractivity contribution in [2.75, 3.05) is 13.7 Å². The highest BCUT2D eigenvalue weighted by Crippen LogP contribution is 2.29. The van der Waals surface area contributed by atoms with E-state index < -0.39 is 23.9 Å². The fourth-order valence-corrected chi connectivity index (χ4v) is 3.56. The minimum Gasteiger partial charge on any atom is -0.469 e. The normalized spacial score (nSPS) is 12.3. The summed E-state index contributed by atoms with van der Waals surface area (Å²) in [5.74, 6) is -1.43. The Labute approximate surface area is 188 Å². The van der Waals surface area contributed by atoms with Crippen molar-refractivity contribution in [1.29, 1.82) is 0 Å². The van der Waals surface area contributed by atoms with Gasteiger partial charge < -0.3 is 9.47 Å². The molecule has 5 heteroatoms. The van der Waals surface area contributed by atoms with Crippen molar-refractivity contribution in [3.63, 3.8) is 0 Å². The largest absolute Gasteiger partial charge is 0.469 e. The van der Waals surface area contributed by atoms with Gasteiger partial charge in [-0.05, 0) is 12.5 Å². The number of benzene rings is 3. The maximum atomic E-state index is 13.1. The smallest absolute Gasteiger partial charge is 0.331 e. The molecule has 3 rings (SSSR count). The molecule has 32 heavy (non-hydrogen) atoms. The number of hydrogen-bond acceptors (Lipinski definition) is 5. The lowest BCUT2D eigenvalue weighted by atomic mass is 9.88. The highest BCUT2D eigenvalue weighted by atomic mass is 16.5. The minimum absolute atomic E-state index is 0.00432. The minimum atomic E-state index is -0.924. The van der Waals surface area contributed by atoms with Crippen molar-refractivity contribution in [2.45, 2.75) is 25.3 Å². The summed E-state index contributed by atoms with van der Waals surface area (Å²) >= 11 is 0. The lowest BCUT2D eigenvalue weighted by Gasteiger charge is -2.24. The molecule has 0 N–H and O–H groups in total. The number of ether oxygens (including phenoxy) is 2. The average molecular weight is 430 g/mol. The molecule has 0 heterocycles. The number of esters is 2. The van der Waals surface area contributed by atoms with Gasteiger partial charge in [-0.1, -0.05) is 91.0 Å². The monoisotopic (exact) mass is 429 g/mol. The number of carbonyl (C=O) groups is 2. The van der Waals surface area contributed by atoms with Gasteiger partial charge in [0, 0.05) is 17.0 Å². The van der Waals surface area contributed by atoms with E-state index in [4.69, 9.17) is 14.5 Å². The van der Waals surface area contributed by atoms with E-state index in [-0.39, 0.29) is 13.0 Å². The third kappa shape index (κ3) is 5.91. The molecule has 5 nitrogen and oxygen atoms in total. The Morgan fingerprint density at radius 1 is 0.812 bits per heavy atom. The molecule has 0 aliphatic carbocycles. The van der Waals surface area contributed by atoms with Gasteiger partial charge in [0.1, 0.15) is 0 Å². The number of hydrogen-bond donors (Lipinski definition) is 0. The van der Waals surface area contributed by atoms with E-state index in [0.29, 0.717) is 5.71 Å². The van der Waals surface area contributed by atoms with Crippen LogP contribution < -0.4 is 0 Å². The Bertz CT molecular complexity index is 992. The SMILES string of the molecule is CCOC(=O)C(N=C(c1ccccc1)c1ccccc1)C(CC(=O)OC)c1ccccc1. The first-order chi connectivity index (χ1) is 15.6. The van der Waals surface area contributed by atoms with Gasteiger partial charge in [0.2, 0.25) is 0 Å². The summed E-state index contributed by atoms with van der Waals surface area (Å²) in [4.78, 5) is 30.4. The molecule has 0 aromatic heterocycles. The predicted octanol–water partition coefficient (Wildman–Crippen LogP) is 4.80. The van der Waals surface area contributed by atoms with E-state index in [2.05, 4.69) is 0 Å². The van der Waals surface area contributed by atoms with Crippen molar-refractivity contribution >= 4 is 17.7 Å². The summed E-state index contributed by atoms with van der Waals surface area (Å²) in [7, 11) is 1.34. The molecule has 0 aliphatic rings. The van der Waals surface area contributed by atoms with Crippen molar-refractivity contribution in [1.82, 2.24) is 0 Å². The van der Waals surface area contributed by atoms with Gasteiger partial charge in [0.15, 0.2) is 6.04 Å². The molecule has 2 unspecified atom stereocenters. The van der Waals surface area contributed by atoms with Crippen LogP contribution in [0.2, 0.25) is 0 Å². The summed E-state index contributed by atoms with van der Waals surface area (Å²) in [6.45, 7) is 1.97. The maximum absolute atomic E-state index is 13.1. The van der Waals surface area contributed by atoms with Crippen LogP contribution in [-0.4, -0.2) is 37.4 Å². The second kappa shape index (κ2) is 11.6. The van der Waals surface area contributed by atoms with E-state index in [1.54, 1.807) is 6.92 Å². The molecule has 0 spiro atoms. The number of nitrogens with zero attached hydrogens (tertiary/aromatic N) is 1. The third-order valence-electron chi connectivity index (χ3n) is 5.11. The zero-order chi connectivity index (χ0) is 22.8. The molecule has 2 atom stereocenters. The zero-order valence-corrected chi connectivity index (χ0v) is 18.3. The van der Waals surface area contributed by atoms with E-state index in [0.717, 1.165) is 16.7 Å². The van der Waals surface area contributed by atoms with Crippen LogP contribution in [0.3, 0.4) is 0 Å². The van der Waals surface area contributed by atoms with Crippen molar-refractivity contribution in [3.05, 3.63) is 108 Å². The van der Waals surface area contributed by atoms with Crippen LogP contribution in [0, 0.1) is 0 Å². The number of rotatable bonds is 9. The van der Waals surface area contributed by atoms with Gasteiger partial charge in [0.25, 0.3) is 0 Å². The van der Waals surface area contributed by atoms with Crippen LogP contribution >= 0.6 is 0 Å². The molecular weight excluding hydrogens is 402 g/mol. The Hall–Kier alpha value is -3.73. The van der Waals surface area contributed by atoms with E-state index in [1.165, 1.54) is 7.11 Å². The molecule has 3 aromatic carbocycles. The number of methoxy groups -OCH3 is 1. The maximum Gasteiger partial charge on any atom is 0.331 e. The summed E-state index contributed by atoms with van der Waals surface area (Å²) in [5, 5.41) is 0. The first-order valence-electron chi connectivity index (χ1n) is 10.6. The van der Waals surface area contributed by atoms with E-state index in [1.807, 2.05) is 91.0 Å². The second-order valence-corrected chi connectivity index (χ2v) is 7.20. The molecule has 0 bridgehead atoms. The van der Waals surface area contributed by atoms with Gasteiger partial charge in [-0.2, -0.15) is 0 Å². The van der Waals surface area contributed by atoms with Gasteiger partial charge in [-0.3, -0.25) is 9.79 Å². The predicted molar refractivity (Wildman–Crippen MR) is 125 cm³/mol. The standard InChI is InChI=1S/C27H27NO4/c1-3-32-27(30)26(23(19-24(29)31-2)20-13-7-4-8-14-20)28-25(21-15-9-5-10-16-21)22-17-11-6-12-18-22/h4-18,23,26H,3,19H2,1-2H3. The zero-order valence-electron chi connectivity index (χ0n) is 18.3. The van der Waals surface area contributed by atoms with Gasteiger partial charge in [0.05, 0.1) is 25.8 Å². The molecule has 164 valence electrons. The first kappa shape index (κ1) is 22.9. The molecule has 0 aliphatic heterocycles. The van der Waals surface area contributed by atoms with Crippen molar-refractivity contribution < 1.29 is 19.1 Å². The summed E-state index contributed by atoms with van der Waals surface area (Å²) in [5.41, 5.74) is 3.23. The average Bonchev–Trinajstić information content (AvgIpc) is 2.85. The van der Waals surface area contributed by atoms with Gasteiger partial charge >= 0.3 is 11.9 Å². The van der Waals surface area contributed by atoms with Crippen LogP contribution in [-0.2, 0) is 19.1 Å². The molecule has 3 aromatic rings. The van der Waals surface area contributed by atoms with E-state index >= 15 is 0 Å². The molecule has 0 fully saturated rings. The van der Waals surface area contributed by atoms with Crippen LogP contribution in [0.1, 0.15) is 36.0 Å². The second-order valence-electron chi connectivity index (χ2n) is 7.20. The lowest BCUT2D eigenvalue weighted by molar-refractivity contribution is -0.146. The third-order valence-corrected chi connectivity index (χ3v) is 5.11. The molecular formula is C27H27NO4. The Morgan fingerprint density at radius 3 is 1.78 bits per heavy atom. The number of aliphatic imine (C=N–C) groups is 1. The molecule has 0 saturated heterocycles. The summed E-state index contributed by atoms with van der Waals surface area (Å²) in [6, 6.07) is 27.9. The van der Waals surface area contributed by atoms with Gasteiger partial charge in [-0.25, -0.2) is 4.79 Å². The highest BCUT2D eigenvalue weighted by molar-refractivity contribution is 6.13. The summed E-state index contributed by atoms with van der Waals surface area (Å²) in [6.07, 6.45) is 0.00432. The molecule has 0 saturated carbocycles. The highest BCUT2D eigenvalue weighted by Gasteiger charge is 2.33. The van der Waals surface area contributed by atoms with E-state index in [9.17, 15) is 9.59 Å².